The monoisotopic (exact) mass is 395 g/mol. The fourth-order valence-electron chi connectivity index (χ4n) is 2.69. The highest BCUT2D eigenvalue weighted by Gasteiger charge is 2.28. The quantitative estimate of drug-likeness (QED) is 0.828. The second-order valence-electron chi connectivity index (χ2n) is 5.78. The van der Waals surface area contributed by atoms with Gasteiger partial charge < -0.3 is 15.5 Å². The molecule has 138 valence electrons. The summed E-state index contributed by atoms with van der Waals surface area (Å²) < 4.78 is 0. The third-order valence-corrected chi connectivity index (χ3v) is 4.37. The second-order valence-corrected chi connectivity index (χ2v) is 6.21. The normalized spacial score (nSPS) is 15.8. The van der Waals surface area contributed by atoms with Crippen LogP contribution in [0.25, 0.3) is 0 Å². The lowest BCUT2D eigenvalue weighted by Gasteiger charge is -2.23. The van der Waals surface area contributed by atoms with Gasteiger partial charge in [0.25, 0.3) is 11.8 Å². The maximum atomic E-state index is 12.8. The summed E-state index contributed by atoms with van der Waals surface area (Å²) in [4.78, 5) is 35.1. The van der Waals surface area contributed by atoms with E-state index in [1.165, 1.54) is 12.4 Å². The molecule has 1 saturated heterocycles. The third-order valence-electron chi connectivity index (χ3n) is 4.12. The highest BCUT2D eigenvalue weighted by Crippen LogP contribution is 2.16. The van der Waals surface area contributed by atoms with Gasteiger partial charge in [-0.2, -0.15) is 0 Å². The van der Waals surface area contributed by atoms with Crippen LogP contribution >= 0.6 is 24.0 Å². The van der Waals surface area contributed by atoms with E-state index in [1.54, 1.807) is 36.2 Å². The van der Waals surface area contributed by atoms with Gasteiger partial charge in [-0.1, -0.05) is 11.6 Å². The number of carbonyl (C=O) groups is 2. The Morgan fingerprint density at radius 2 is 1.85 bits per heavy atom. The van der Waals surface area contributed by atoms with Crippen LogP contribution in [0.3, 0.4) is 0 Å². The maximum absolute atomic E-state index is 12.8. The van der Waals surface area contributed by atoms with Gasteiger partial charge in [-0.05, 0) is 37.2 Å². The average Bonchev–Trinajstić information content (AvgIpc) is 3.17. The smallest absolute Gasteiger partial charge is 0.276 e. The fraction of sp³-hybridized carbons (Fsp3) is 0.294. The standard InChI is InChI=1S/C17H18ClN5O2.ClH/c1-23(13-6-7-19-10-13)17(25)15-14(20-8-9-21-15)16(24)22-12-4-2-11(18)3-5-12;/h2-5,8-9,13,19H,6-7,10H2,1H3,(H,22,24);1H. The summed E-state index contributed by atoms with van der Waals surface area (Å²) in [5.74, 6) is -0.806. The average molecular weight is 396 g/mol. The highest BCUT2D eigenvalue weighted by atomic mass is 35.5. The van der Waals surface area contributed by atoms with Crippen molar-refractivity contribution < 1.29 is 9.59 Å². The number of likely N-dealkylation sites (N-methyl/N-ethyl adjacent to an activating group) is 1. The molecule has 1 unspecified atom stereocenters. The van der Waals surface area contributed by atoms with Gasteiger partial charge in [0.2, 0.25) is 0 Å². The first-order chi connectivity index (χ1) is 12.1. The molecule has 26 heavy (non-hydrogen) atoms. The van der Waals surface area contributed by atoms with E-state index >= 15 is 0 Å². The van der Waals surface area contributed by atoms with Crippen molar-refractivity contribution in [1.82, 2.24) is 20.2 Å². The maximum Gasteiger partial charge on any atom is 0.276 e. The minimum absolute atomic E-state index is 0. The zero-order chi connectivity index (χ0) is 17.8. The van der Waals surface area contributed by atoms with Crippen molar-refractivity contribution in [2.45, 2.75) is 12.5 Å². The van der Waals surface area contributed by atoms with Crippen LogP contribution in [0.4, 0.5) is 5.69 Å². The van der Waals surface area contributed by atoms with Crippen molar-refractivity contribution in [1.29, 1.82) is 0 Å². The van der Waals surface area contributed by atoms with Crippen LogP contribution < -0.4 is 10.6 Å². The molecule has 0 radical (unpaired) electrons. The van der Waals surface area contributed by atoms with E-state index in [2.05, 4.69) is 20.6 Å². The van der Waals surface area contributed by atoms with E-state index in [-0.39, 0.29) is 35.7 Å². The Bertz CT molecular complexity index is 779. The zero-order valence-corrected chi connectivity index (χ0v) is 15.7. The topological polar surface area (TPSA) is 87.2 Å². The van der Waals surface area contributed by atoms with E-state index in [0.29, 0.717) is 10.7 Å². The minimum Gasteiger partial charge on any atom is -0.336 e. The van der Waals surface area contributed by atoms with Crippen molar-refractivity contribution in [2.24, 2.45) is 0 Å². The Balaban J connectivity index is 0.00000243. The molecule has 2 amide bonds. The molecule has 1 aromatic carbocycles. The number of aromatic nitrogens is 2. The molecule has 1 fully saturated rings. The van der Waals surface area contributed by atoms with Crippen LogP contribution in [0, 0.1) is 0 Å². The lowest BCUT2D eigenvalue weighted by Crippen LogP contribution is -2.39. The van der Waals surface area contributed by atoms with Crippen molar-refractivity contribution >= 4 is 41.5 Å². The molecular weight excluding hydrogens is 377 g/mol. The lowest BCUT2D eigenvalue weighted by molar-refractivity contribution is 0.0732. The van der Waals surface area contributed by atoms with Gasteiger partial charge in [-0.15, -0.1) is 12.4 Å². The molecule has 1 aliphatic rings. The van der Waals surface area contributed by atoms with Crippen LogP contribution in [-0.2, 0) is 0 Å². The van der Waals surface area contributed by atoms with Crippen molar-refractivity contribution in [3.63, 3.8) is 0 Å². The molecule has 0 spiro atoms. The summed E-state index contributed by atoms with van der Waals surface area (Å²) in [6, 6.07) is 6.77. The molecule has 1 atom stereocenters. The lowest BCUT2D eigenvalue weighted by atomic mass is 10.2. The number of anilines is 1. The van der Waals surface area contributed by atoms with Gasteiger partial charge in [-0.3, -0.25) is 9.59 Å². The van der Waals surface area contributed by atoms with Crippen molar-refractivity contribution in [3.05, 3.63) is 53.1 Å². The largest absolute Gasteiger partial charge is 0.336 e. The molecule has 2 N–H and O–H groups in total. The predicted molar refractivity (Wildman–Crippen MR) is 102 cm³/mol. The summed E-state index contributed by atoms with van der Waals surface area (Å²) in [5, 5.41) is 6.49. The van der Waals surface area contributed by atoms with Crippen molar-refractivity contribution in [2.75, 3.05) is 25.5 Å². The Kier molecular flexibility index (Phi) is 6.90. The molecule has 9 heteroatoms. The van der Waals surface area contributed by atoms with Gasteiger partial charge in [0.1, 0.15) is 0 Å². The van der Waals surface area contributed by atoms with E-state index in [0.717, 1.165) is 19.5 Å². The predicted octanol–water partition coefficient (Wildman–Crippen LogP) is 2.24. The van der Waals surface area contributed by atoms with Gasteiger partial charge in [0.05, 0.1) is 0 Å². The Morgan fingerprint density at radius 3 is 2.46 bits per heavy atom. The number of hydrogen-bond acceptors (Lipinski definition) is 5. The minimum atomic E-state index is -0.489. The summed E-state index contributed by atoms with van der Waals surface area (Å²) in [6.45, 7) is 1.60. The fourth-order valence-corrected chi connectivity index (χ4v) is 2.81. The number of nitrogens with one attached hydrogen (secondary N) is 2. The summed E-state index contributed by atoms with van der Waals surface area (Å²) in [6.07, 6.45) is 3.67. The molecule has 0 aliphatic carbocycles. The Hall–Kier alpha value is -2.22. The number of carbonyl (C=O) groups excluding carboxylic acids is 2. The van der Waals surface area contributed by atoms with E-state index in [9.17, 15) is 9.59 Å². The molecule has 2 aromatic rings. The number of hydrogen-bond donors (Lipinski definition) is 2. The Labute approximate surface area is 162 Å². The molecule has 0 saturated carbocycles. The molecule has 3 rings (SSSR count). The van der Waals surface area contributed by atoms with E-state index in [4.69, 9.17) is 11.6 Å². The van der Waals surface area contributed by atoms with E-state index < -0.39 is 5.91 Å². The molecule has 1 aliphatic heterocycles. The van der Waals surface area contributed by atoms with Gasteiger partial charge in [0.15, 0.2) is 11.4 Å². The molecular formula is C17H19Cl2N5O2. The van der Waals surface area contributed by atoms with Gasteiger partial charge in [-0.25, -0.2) is 9.97 Å². The highest BCUT2D eigenvalue weighted by molar-refractivity contribution is 6.30. The van der Waals surface area contributed by atoms with E-state index in [1.807, 2.05) is 0 Å². The number of amides is 2. The first-order valence-corrected chi connectivity index (χ1v) is 8.30. The summed E-state index contributed by atoms with van der Waals surface area (Å²) in [5.41, 5.74) is 0.607. The van der Waals surface area contributed by atoms with Crippen LogP contribution in [-0.4, -0.2) is 52.9 Å². The number of rotatable bonds is 4. The second kappa shape index (κ2) is 8.93. The first-order valence-electron chi connectivity index (χ1n) is 7.92. The van der Waals surface area contributed by atoms with Crippen LogP contribution in [0.5, 0.6) is 0 Å². The van der Waals surface area contributed by atoms with Gasteiger partial charge >= 0.3 is 0 Å². The third kappa shape index (κ3) is 4.49. The number of nitrogens with zero attached hydrogens (tertiary/aromatic N) is 3. The Morgan fingerprint density at radius 1 is 1.19 bits per heavy atom. The number of benzene rings is 1. The summed E-state index contributed by atoms with van der Waals surface area (Å²) >= 11 is 5.84. The summed E-state index contributed by atoms with van der Waals surface area (Å²) in [7, 11) is 1.72. The first kappa shape index (κ1) is 20.1. The molecule has 0 bridgehead atoms. The van der Waals surface area contributed by atoms with Crippen molar-refractivity contribution in [3.8, 4) is 0 Å². The molecule has 1 aromatic heterocycles. The van der Waals surface area contributed by atoms with Crippen LogP contribution in [0.1, 0.15) is 27.4 Å². The molecule has 2 heterocycles. The van der Waals surface area contributed by atoms with Gasteiger partial charge in [0, 0.05) is 42.7 Å². The van der Waals surface area contributed by atoms with Crippen LogP contribution in [0.15, 0.2) is 36.7 Å². The zero-order valence-electron chi connectivity index (χ0n) is 14.1. The SMILES string of the molecule is CN(C(=O)c1nccnc1C(=O)Nc1ccc(Cl)cc1)C1CCNC1.Cl. The van der Waals surface area contributed by atoms with Crippen LogP contribution in [0.2, 0.25) is 5.02 Å². The number of halogens is 2. The molecule has 7 nitrogen and oxygen atoms in total.